The number of β-lactam (4-membered cyclic amide) rings is 1. The summed E-state index contributed by atoms with van der Waals surface area (Å²) in [7, 11) is 0. The molecule has 0 unspecified atom stereocenters. The van der Waals surface area contributed by atoms with Crippen molar-refractivity contribution in [3.8, 4) is 0 Å². The van der Waals surface area contributed by atoms with Crippen molar-refractivity contribution in [2.24, 2.45) is 4.99 Å². The van der Waals surface area contributed by atoms with Gasteiger partial charge in [-0.15, -0.1) is 11.8 Å². The lowest BCUT2D eigenvalue weighted by Gasteiger charge is -2.42. The smallest absolute Gasteiger partial charge is 0.330 e. The maximum Gasteiger partial charge on any atom is 0.330 e. The fraction of sp³-hybridized carbons (Fsp3) is 0.500. The van der Waals surface area contributed by atoms with Gasteiger partial charge in [0.15, 0.2) is 6.04 Å². The zero-order chi connectivity index (χ0) is 21.7. The van der Waals surface area contributed by atoms with Crippen molar-refractivity contribution in [3.05, 3.63) is 33.8 Å². The highest BCUT2D eigenvalue weighted by Crippen LogP contribution is 2.52. The van der Waals surface area contributed by atoms with Gasteiger partial charge in [-0.1, -0.05) is 64.1 Å². The van der Waals surface area contributed by atoms with Crippen LogP contribution in [-0.2, 0) is 14.3 Å². The summed E-state index contributed by atoms with van der Waals surface area (Å²) in [5.74, 6) is -0.863. The van der Waals surface area contributed by atoms with Gasteiger partial charge in [-0.25, -0.2) is 4.79 Å². The predicted octanol–water partition coefficient (Wildman–Crippen LogP) is 5.15. The van der Waals surface area contributed by atoms with E-state index in [4.69, 9.17) is 62.7 Å². The monoisotopic (exact) mass is 516 g/mol. The Labute approximate surface area is 198 Å². The maximum atomic E-state index is 12.8. The molecule has 5 nitrogen and oxygen atoms in total. The molecule has 2 fully saturated rings. The Hall–Kier alpha value is -0.370. The molecule has 0 bridgehead atoms. The van der Waals surface area contributed by atoms with Gasteiger partial charge in [0.25, 0.3) is 5.91 Å². The molecular weight excluding hydrogens is 502 g/mol. The Morgan fingerprint density at radius 3 is 2.55 bits per heavy atom. The van der Waals surface area contributed by atoms with Crippen LogP contribution in [0.2, 0.25) is 10.0 Å². The van der Waals surface area contributed by atoms with E-state index in [0.717, 1.165) is 0 Å². The lowest BCUT2D eigenvalue weighted by Crippen LogP contribution is -2.65. The van der Waals surface area contributed by atoms with Gasteiger partial charge in [0, 0.05) is 21.0 Å². The van der Waals surface area contributed by atoms with Crippen LogP contribution in [0, 0.1) is 0 Å². The van der Waals surface area contributed by atoms with Crippen LogP contribution in [0.15, 0.2) is 23.2 Å². The van der Waals surface area contributed by atoms with Crippen LogP contribution >= 0.6 is 69.8 Å². The van der Waals surface area contributed by atoms with E-state index in [1.54, 1.807) is 25.1 Å². The first-order valence-electron chi connectivity index (χ1n) is 8.55. The normalized spacial score (nSPS) is 26.2. The van der Waals surface area contributed by atoms with Crippen molar-refractivity contribution >= 4 is 87.4 Å². The third-order valence-corrected chi connectivity index (χ3v) is 7.10. The van der Waals surface area contributed by atoms with Crippen LogP contribution in [0.1, 0.15) is 26.3 Å². The number of benzene rings is 1. The number of amides is 1. The van der Waals surface area contributed by atoms with E-state index < -0.39 is 33.2 Å². The maximum absolute atomic E-state index is 12.8. The minimum Gasteiger partial charge on any atom is -0.460 e. The second kappa shape index (κ2) is 8.29. The summed E-state index contributed by atoms with van der Waals surface area (Å²) in [6, 6.07) is 3.69. The van der Waals surface area contributed by atoms with Crippen molar-refractivity contribution in [2.75, 3.05) is 6.61 Å². The number of carbonyl (C=O) groups excluding carboxylic acids is 2. The molecule has 2 heterocycles. The van der Waals surface area contributed by atoms with Gasteiger partial charge in [0.05, 0.1) is 5.02 Å². The molecular formula is C18H17Cl5N2O3S. The molecule has 2 aliphatic heterocycles. The molecule has 0 spiro atoms. The Balaban J connectivity index is 1.79. The van der Waals surface area contributed by atoms with Gasteiger partial charge in [0.2, 0.25) is 3.79 Å². The number of fused-ring (bicyclic) bond motifs is 1. The lowest BCUT2D eigenvalue weighted by atomic mass is 9.96. The number of hydrogen-bond acceptors (Lipinski definition) is 5. The number of halogens is 5. The largest absolute Gasteiger partial charge is 0.460 e. The van der Waals surface area contributed by atoms with Crippen LogP contribution in [0.4, 0.5) is 0 Å². The molecule has 158 valence electrons. The molecule has 0 N–H and O–H groups in total. The summed E-state index contributed by atoms with van der Waals surface area (Å²) in [4.78, 5) is 31.5. The van der Waals surface area contributed by atoms with Crippen LogP contribution in [0.3, 0.4) is 0 Å². The van der Waals surface area contributed by atoms with Crippen molar-refractivity contribution in [1.29, 1.82) is 0 Å². The minimum absolute atomic E-state index is 0.256. The lowest BCUT2D eigenvalue weighted by molar-refractivity contribution is -0.162. The number of ether oxygens (including phenoxy) is 1. The fourth-order valence-corrected chi connectivity index (χ4v) is 5.70. The summed E-state index contributed by atoms with van der Waals surface area (Å²) in [6.07, 6.45) is 0. The molecule has 1 aromatic carbocycles. The molecule has 3 rings (SSSR count). The topological polar surface area (TPSA) is 59.0 Å². The molecule has 3 atom stereocenters. The molecule has 1 amide bonds. The molecule has 11 heteroatoms. The molecule has 0 aromatic heterocycles. The average Bonchev–Trinajstić information content (AvgIpc) is 2.85. The van der Waals surface area contributed by atoms with Crippen molar-refractivity contribution < 1.29 is 14.3 Å². The van der Waals surface area contributed by atoms with Gasteiger partial charge < -0.3 is 9.64 Å². The molecule has 2 aliphatic rings. The second-order valence-electron chi connectivity index (χ2n) is 7.27. The third-order valence-electron chi connectivity index (χ3n) is 4.67. The molecule has 0 saturated carbocycles. The van der Waals surface area contributed by atoms with Crippen molar-refractivity contribution in [3.63, 3.8) is 0 Å². The highest BCUT2D eigenvalue weighted by Gasteiger charge is 2.64. The van der Waals surface area contributed by atoms with Crippen molar-refractivity contribution in [2.45, 2.75) is 46.8 Å². The summed E-state index contributed by atoms with van der Waals surface area (Å²) in [6.45, 7) is 5.13. The van der Waals surface area contributed by atoms with Crippen LogP contribution < -0.4 is 0 Å². The number of alkyl halides is 3. The van der Waals surface area contributed by atoms with Crippen LogP contribution in [-0.4, -0.2) is 55.1 Å². The number of nitrogens with zero attached hydrogens (tertiary/aromatic N) is 2. The van der Waals surface area contributed by atoms with E-state index in [-0.39, 0.29) is 11.3 Å². The standard InChI is InChI=1S/C18H17Cl5N2O3S/c1-8(10-5-4-9(19)6-11(10)20)24-12-14(26)25-13(17(2,3)29-15(12)25)16(27)28-7-18(21,22)23/h4-6,12-13,15H,7H2,1-3H3/t12-,13+,15-/m1/s1. The molecule has 0 aliphatic carbocycles. The van der Waals surface area contributed by atoms with Crippen molar-refractivity contribution in [1.82, 2.24) is 4.90 Å². The van der Waals surface area contributed by atoms with Gasteiger partial charge in [-0.2, -0.15) is 0 Å². The third kappa shape index (κ3) is 4.78. The number of aliphatic imine (C=N–C) groups is 1. The Morgan fingerprint density at radius 1 is 1.31 bits per heavy atom. The number of carbonyl (C=O) groups is 2. The Morgan fingerprint density at radius 2 is 1.97 bits per heavy atom. The zero-order valence-corrected chi connectivity index (χ0v) is 20.2. The van der Waals surface area contributed by atoms with E-state index in [1.165, 1.54) is 16.7 Å². The highest BCUT2D eigenvalue weighted by molar-refractivity contribution is 8.01. The molecule has 2 saturated heterocycles. The van der Waals surface area contributed by atoms with Crippen LogP contribution in [0.5, 0.6) is 0 Å². The number of hydrogen-bond donors (Lipinski definition) is 0. The minimum atomic E-state index is -1.72. The quantitative estimate of drug-likeness (QED) is 0.240. The Kier molecular flexibility index (Phi) is 6.66. The Bertz CT molecular complexity index is 887. The van der Waals surface area contributed by atoms with E-state index in [2.05, 4.69) is 4.99 Å². The number of thioether (sulfide) groups is 1. The first-order chi connectivity index (χ1) is 13.3. The van der Waals surface area contributed by atoms with E-state index in [9.17, 15) is 9.59 Å². The van der Waals surface area contributed by atoms with Gasteiger partial charge in [0.1, 0.15) is 18.0 Å². The van der Waals surface area contributed by atoms with Gasteiger partial charge in [-0.05, 0) is 32.9 Å². The molecule has 1 aromatic rings. The fourth-order valence-electron chi connectivity index (χ4n) is 3.39. The van der Waals surface area contributed by atoms with E-state index >= 15 is 0 Å². The SMILES string of the molecule is CC(=N[C@@H]1C(=O)N2[C@@H]1SC(C)(C)[C@@H]2C(=O)OCC(Cl)(Cl)Cl)c1ccc(Cl)cc1Cl. The highest BCUT2D eigenvalue weighted by atomic mass is 35.6. The second-order valence-corrected chi connectivity index (χ2v) is 12.4. The van der Waals surface area contributed by atoms with E-state index in [1.807, 2.05) is 13.8 Å². The summed E-state index contributed by atoms with van der Waals surface area (Å²) < 4.78 is 2.83. The molecule has 0 radical (unpaired) electrons. The summed E-state index contributed by atoms with van der Waals surface area (Å²) >= 11 is 30.6. The summed E-state index contributed by atoms with van der Waals surface area (Å²) in [5, 5.41) is 0.681. The van der Waals surface area contributed by atoms with Gasteiger partial charge in [-0.3, -0.25) is 9.79 Å². The average molecular weight is 519 g/mol. The predicted molar refractivity (Wildman–Crippen MR) is 120 cm³/mol. The number of esters is 1. The first-order valence-corrected chi connectivity index (χ1v) is 11.3. The zero-order valence-electron chi connectivity index (χ0n) is 15.6. The van der Waals surface area contributed by atoms with E-state index in [0.29, 0.717) is 21.3 Å². The molecule has 29 heavy (non-hydrogen) atoms. The van der Waals surface area contributed by atoms with Gasteiger partial charge >= 0.3 is 5.97 Å². The first kappa shape index (κ1) is 23.3. The summed E-state index contributed by atoms with van der Waals surface area (Å²) in [5.41, 5.74) is 1.31. The number of rotatable bonds is 4. The van der Waals surface area contributed by atoms with Crippen LogP contribution in [0.25, 0.3) is 0 Å².